The molecule has 2 aliphatic rings. The Bertz CT molecular complexity index is 697. The molecule has 2 fully saturated rings. The number of nitrogens with one attached hydrogen (secondary N) is 3. The van der Waals surface area contributed by atoms with Gasteiger partial charge in [-0.3, -0.25) is 14.5 Å². The summed E-state index contributed by atoms with van der Waals surface area (Å²) in [5.74, 6) is -0.318. The third-order valence-corrected chi connectivity index (χ3v) is 5.19. The first kappa shape index (κ1) is 18.4. The van der Waals surface area contributed by atoms with Crippen LogP contribution in [0.5, 0.6) is 0 Å². The van der Waals surface area contributed by atoms with E-state index < -0.39 is 17.5 Å². The molecule has 0 bridgehead atoms. The quantitative estimate of drug-likeness (QED) is 0.682. The molecule has 2 aliphatic heterocycles. The molecule has 140 valence electrons. The van der Waals surface area contributed by atoms with Gasteiger partial charge in [0.25, 0.3) is 5.91 Å². The number of carbonyl (C=O) groups is 3. The lowest BCUT2D eigenvalue weighted by molar-refractivity contribution is -0.134. The Balaban J connectivity index is 1.61. The maximum Gasteiger partial charge on any atom is 0.325 e. The lowest BCUT2D eigenvalue weighted by atomic mass is 9.91. The lowest BCUT2D eigenvalue weighted by Crippen LogP contribution is -2.45. The maximum atomic E-state index is 12.8. The van der Waals surface area contributed by atoms with Crippen molar-refractivity contribution in [1.82, 2.24) is 20.9 Å². The molecule has 2 heterocycles. The highest BCUT2D eigenvalue weighted by molar-refractivity contribution is 6.09. The smallest absolute Gasteiger partial charge is 0.325 e. The molecule has 3 rings (SSSR count). The summed E-state index contributed by atoms with van der Waals surface area (Å²) in [5, 5.41) is 8.86. The number of urea groups is 1. The Hall–Kier alpha value is -2.41. The zero-order valence-corrected chi connectivity index (χ0v) is 15.3. The molecular formula is C19H26N4O3. The molecule has 0 radical (unpaired) electrons. The molecular weight excluding hydrogens is 332 g/mol. The summed E-state index contributed by atoms with van der Waals surface area (Å²) in [6.45, 7) is 5.83. The minimum Gasteiger partial charge on any atom is -0.354 e. The molecule has 0 aliphatic carbocycles. The summed E-state index contributed by atoms with van der Waals surface area (Å²) >= 11 is 0. The fraction of sp³-hybridized carbons (Fsp3) is 0.526. The van der Waals surface area contributed by atoms with Gasteiger partial charge in [0.15, 0.2) is 0 Å². The van der Waals surface area contributed by atoms with Crippen molar-refractivity contribution in [1.29, 1.82) is 0 Å². The predicted octanol–water partition coefficient (Wildman–Crippen LogP) is 0.878. The van der Waals surface area contributed by atoms with Crippen LogP contribution in [0.25, 0.3) is 0 Å². The van der Waals surface area contributed by atoms with Gasteiger partial charge >= 0.3 is 6.03 Å². The van der Waals surface area contributed by atoms with E-state index in [0.29, 0.717) is 18.0 Å². The fourth-order valence-corrected chi connectivity index (χ4v) is 3.48. The van der Waals surface area contributed by atoms with Crippen LogP contribution in [0.15, 0.2) is 24.3 Å². The number of aryl methyl sites for hydroxylation is 1. The van der Waals surface area contributed by atoms with Crippen molar-refractivity contribution in [2.75, 3.05) is 26.2 Å². The Labute approximate surface area is 153 Å². The van der Waals surface area contributed by atoms with E-state index in [4.69, 9.17) is 0 Å². The highest BCUT2D eigenvalue weighted by Crippen LogP contribution is 2.28. The summed E-state index contributed by atoms with van der Waals surface area (Å²) in [6, 6.07) is 6.91. The van der Waals surface area contributed by atoms with E-state index in [2.05, 4.69) is 16.0 Å². The molecule has 7 heteroatoms. The van der Waals surface area contributed by atoms with Gasteiger partial charge in [-0.1, -0.05) is 29.8 Å². The Morgan fingerprint density at radius 2 is 2.04 bits per heavy atom. The van der Waals surface area contributed by atoms with Gasteiger partial charge in [-0.05, 0) is 51.3 Å². The maximum absolute atomic E-state index is 12.8. The number of hydrogen-bond donors (Lipinski definition) is 3. The van der Waals surface area contributed by atoms with Crippen LogP contribution in [-0.2, 0) is 15.1 Å². The summed E-state index contributed by atoms with van der Waals surface area (Å²) in [7, 11) is 0. The molecule has 4 amide bonds. The monoisotopic (exact) mass is 358 g/mol. The van der Waals surface area contributed by atoms with Crippen molar-refractivity contribution >= 4 is 17.8 Å². The van der Waals surface area contributed by atoms with Gasteiger partial charge < -0.3 is 16.0 Å². The van der Waals surface area contributed by atoms with Crippen molar-refractivity contribution in [3.05, 3.63) is 35.4 Å². The first-order valence-corrected chi connectivity index (χ1v) is 9.09. The summed E-state index contributed by atoms with van der Waals surface area (Å²) in [4.78, 5) is 38.3. The Morgan fingerprint density at radius 1 is 1.31 bits per heavy atom. The van der Waals surface area contributed by atoms with E-state index in [1.54, 1.807) is 6.92 Å². The number of carbonyl (C=O) groups excluding carboxylic acids is 3. The van der Waals surface area contributed by atoms with Crippen LogP contribution in [0.1, 0.15) is 30.9 Å². The molecule has 2 saturated heterocycles. The molecule has 7 nitrogen and oxygen atoms in total. The number of piperidine rings is 1. The number of hydrogen-bond acceptors (Lipinski definition) is 4. The van der Waals surface area contributed by atoms with Crippen LogP contribution in [0, 0.1) is 12.8 Å². The van der Waals surface area contributed by atoms with Crippen molar-refractivity contribution in [3.63, 3.8) is 0 Å². The van der Waals surface area contributed by atoms with Crippen LogP contribution in [-0.4, -0.2) is 48.9 Å². The molecule has 2 unspecified atom stereocenters. The third kappa shape index (κ3) is 3.72. The molecule has 2 atom stereocenters. The van der Waals surface area contributed by atoms with Gasteiger partial charge in [0.2, 0.25) is 5.91 Å². The normalized spacial score (nSPS) is 25.9. The van der Waals surface area contributed by atoms with E-state index in [9.17, 15) is 14.4 Å². The first-order chi connectivity index (χ1) is 12.4. The number of imide groups is 1. The zero-order valence-electron chi connectivity index (χ0n) is 15.3. The highest BCUT2D eigenvalue weighted by Gasteiger charge is 2.49. The second-order valence-corrected chi connectivity index (χ2v) is 7.33. The van der Waals surface area contributed by atoms with Crippen molar-refractivity contribution in [2.24, 2.45) is 5.92 Å². The van der Waals surface area contributed by atoms with Gasteiger partial charge in [0, 0.05) is 6.54 Å². The van der Waals surface area contributed by atoms with E-state index in [0.717, 1.165) is 36.4 Å². The second-order valence-electron chi connectivity index (χ2n) is 7.33. The third-order valence-electron chi connectivity index (χ3n) is 5.19. The van der Waals surface area contributed by atoms with E-state index in [1.807, 2.05) is 31.2 Å². The summed E-state index contributed by atoms with van der Waals surface area (Å²) in [6.07, 6.45) is 2.17. The number of benzene rings is 1. The summed E-state index contributed by atoms with van der Waals surface area (Å²) in [5.41, 5.74) is 0.637. The molecule has 1 aromatic rings. The van der Waals surface area contributed by atoms with Crippen molar-refractivity contribution in [3.8, 4) is 0 Å². The molecule has 1 aromatic carbocycles. The standard InChI is InChI=1S/C19H26N4O3/c1-13-5-7-15(8-6-13)19(2)17(25)23(18(26)22-19)12-16(24)21-11-14-4-3-9-20-10-14/h5-8,14,20H,3-4,9-12H2,1-2H3,(H,21,24)(H,22,26). The average Bonchev–Trinajstić information content (AvgIpc) is 2.85. The number of rotatable bonds is 5. The van der Waals surface area contributed by atoms with Crippen LogP contribution >= 0.6 is 0 Å². The molecule has 0 saturated carbocycles. The highest BCUT2D eigenvalue weighted by atomic mass is 16.2. The largest absolute Gasteiger partial charge is 0.354 e. The van der Waals surface area contributed by atoms with Gasteiger partial charge in [0.05, 0.1) is 0 Å². The number of amides is 4. The molecule has 26 heavy (non-hydrogen) atoms. The van der Waals surface area contributed by atoms with Crippen molar-refractivity contribution in [2.45, 2.75) is 32.2 Å². The zero-order chi connectivity index (χ0) is 18.7. The second kappa shape index (κ2) is 7.45. The van der Waals surface area contributed by atoms with Crippen LogP contribution < -0.4 is 16.0 Å². The SMILES string of the molecule is Cc1ccc(C2(C)NC(=O)N(CC(=O)NCC3CCCNC3)C2=O)cc1. The van der Waals surface area contributed by atoms with Crippen LogP contribution in [0.4, 0.5) is 4.79 Å². The van der Waals surface area contributed by atoms with E-state index in [1.165, 1.54) is 0 Å². The van der Waals surface area contributed by atoms with E-state index >= 15 is 0 Å². The average molecular weight is 358 g/mol. The fourth-order valence-electron chi connectivity index (χ4n) is 3.48. The van der Waals surface area contributed by atoms with Gasteiger partial charge in [-0.25, -0.2) is 4.79 Å². The Morgan fingerprint density at radius 3 is 2.69 bits per heavy atom. The minimum atomic E-state index is -1.14. The van der Waals surface area contributed by atoms with Gasteiger partial charge in [0.1, 0.15) is 12.1 Å². The molecule has 0 spiro atoms. The lowest BCUT2D eigenvalue weighted by Gasteiger charge is -2.24. The van der Waals surface area contributed by atoms with Gasteiger partial charge in [-0.2, -0.15) is 0 Å². The van der Waals surface area contributed by atoms with Gasteiger partial charge in [-0.15, -0.1) is 0 Å². The van der Waals surface area contributed by atoms with Crippen LogP contribution in [0.3, 0.4) is 0 Å². The van der Waals surface area contributed by atoms with Crippen LogP contribution in [0.2, 0.25) is 0 Å². The molecule has 3 N–H and O–H groups in total. The number of nitrogens with zero attached hydrogens (tertiary/aromatic N) is 1. The first-order valence-electron chi connectivity index (χ1n) is 9.09. The summed E-state index contributed by atoms with van der Waals surface area (Å²) < 4.78 is 0. The minimum absolute atomic E-state index is 0.258. The van der Waals surface area contributed by atoms with Crippen molar-refractivity contribution < 1.29 is 14.4 Å². The topological polar surface area (TPSA) is 90.5 Å². The Kier molecular flexibility index (Phi) is 5.27. The molecule has 0 aromatic heterocycles. The van der Waals surface area contributed by atoms with E-state index in [-0.39, 0.29) is 12.5 Å². The predicted molar refractivity (Wildman–Crippen MR) is 97.4 cm³/mol.